The molecule has 0 heterocycles. The predicted octanol–water partition coefficient (Wildman–Crippen LogP) is 3.98. The van der Waals surface area contributed by atoms with Crippen LogP contribution in [0.2, 0.25) is 5.02 Å². The number of ether oxygens (including phenoxy) is 1. The monoisotopic (exact) mass is 238 g/mol. The van der Waals surface area contributed by atoms with Crippen LogP contribution >= 0.6 is 11.6 Å². The van der Waals surface area contributed by atoms with E-state index in [9.17, 15) is 9.50 Å². The van der Waals surface area contributed by atoms with Gasteiger partial charge in [0.25, 0.3) is 0 Å². The van der Waals surface area contributed by atoms with E-state index in [0.29, 0.717) is 10.8 Å². The molecule has 0 aliphatic heterocycles. The van der Waals surface area contributed by atoms with Crippen LogP contribution in [0.15, 0.2) is 42.5 Å². The summed E-state index contributed by atoms with van der Waals surface area (Å²) in [7, 11) is 0. The van der Waals surface area contributed by atoms with E-state index in [-0.39, 0.29) is 11.5 Å². The van der Waals surface area contributed by atoms with Crippen molar-refractivity contribution >= 4 is 11.6 Å². The fraction of sp³-hybridized carbons (Fsp3) is 0. The Bertz CT molecular complexity index is 497. The first-order valence-corrected chi connectivity index (χ1v) is 4.95. The largest absolute Gasteiger partial charge is 0.504 e. The van der Waals surface area contributed by atoms with Gasteiger partial charge >= 0.3 is 0 Å². The van der Waals surface area contributed by atoms with Crippen LogP contribution in [0.1, 0.15) is 0 Å². The van der Waals surface area contributed by atoms with Gasteiger partial charge in [-0.3, -0.25) is 0 Å². The molecule has 2 aromatic rings. The van der Waals surface area contributed by atoms with Crippen LogP contribution in [0.5, 0.6) is 17.2 Å². The number of halogens is 2. The Labute approximate surface area is 96.9 Å². The fourth-order valence-electron chi connectivity index (χ4n) is 1.20. The Kier molecular flexibility index (Phi) is 2.97. The molecule has 2 nitrogen and oxygen atoms in total. The van der Waals surface area contributed by atoms with Crippen molar-refractivity contribution in [3.05, 3.63) is 53.3 Å². The lowest BCUT2D eigenvalue weighted by molar-refractivity contribution is 0.407. The van der Waals surface area contributed by atoms with E-state index >= 15 is 0 Å². The highest BCUT2D eigenvalue weighted by atomic mass is 35.5. The van der Waals surface area contributed by atoms with Crippen molar-refractivity contribution in [2.45, 2.75) is 0 Å². The molecule has 1 N–H and O–H groups in total. The zero-order valence-corrected chi connectivity index (χ0v) is 8.91. The molecule has 0 atom stereocenters. The van der Waals surface area contributed by atoms with Crippen molar-refractivity contribution in [3.8, 4) is 17.2 Å². The summed E-state index contributed by atoms with van der Waals surface area (Å²) in [6.07, 6.45) is 0. The highest BCUT2D eigenvalue weighted by Crippen LogP contribution is 2.31. The van der Waals surface area contributed by atoms with Crippen LogP contribution in [0, 0.1) is 5.82 Å². The predicted molar refractivity (Wildman–Crippen MR) is 59.6 cm³/mol. The highest BCUT2D eigenvalue weighted by Gasteiger charge is 2.05. The van der Waals surface area contributed by atoms with Crippen LogP contribution in [0.4, 0.5) is 4.39 Å². The molecule has 0 saturated carbocycles. The summed E-state index contributed by atoms with van der Waals surface area (Å²) in [5.41, 5.74) is 0. The summed E-state index contributed by atoms with van der Waals surface area (Å²) in [5, 5.41) is 10.0. The van der Waals surface area contributed by atoms with E-state index in [1.165, 1.54) is 6.07 Å². The quantitative estimate of drug-likeness (QED) is 0.858. The molecule has 16 heavy (non-hydrogen) atoms. The van der Waals surface area contributed by atoms with Gasteiger partial charge in [0, 0.05) is 11.1 Å². The number of rotatable bonds is 2. The maximum Gasteiger partial charge on any atom is 0.171 e. The van der Waals surface area contributed by atoms with Gasteiger partial charge in [-0.25, -0.2) is 4.39 Å². The summed E-state index contributed by atoms with van der Waals surface area (Å²) < 4.78 is 18.2. The summed E-state index contributed by atoms with van der Waals surface area (Å²) in [4.78, 5) is 0. The molecular weight excluding hydrogens is 231 g/mol. The van der Waals surface area contributed by atoms with Crippen LogP contribution in [0.3, 0.4) is 0 Å². The van der Waals surface area contributed by atoms with Gasteiger partial charge in [0.1, 0.15) is 11.6 Å². The number of hydrogen-bond acceptors (Lipinski definition) is 2. The minimum atomic E-state index is -0.471. The third-order valence-electron chi connectivity index (χ3n) is 1.96. The topological polar surface area (TPSA) is 29.5 Å². The van der Waals surface area contributed by atoms with Crippen molar-refractivity contribution in [2.24, 2.45) is 0 Å². The first kappa shape index (κ1) is 10.8. The Hall–Kier alpha value is -1.74. The SMILES string of the molecule is Oc1ccc(F)cc1Oc1ccc(Cl)cc1. The molecule has 0 radical (unpaired) electrons. The fourth-order valence-corrected chi connectivity index (χ4v) is 1.33. The van der Waals surface area contributed by atoms with E-state index in [1.54, 1.807) is 24.3 Å². The maximum absolute atomic E-state index is 12.9. The van der Waals surface area contributed by atoms with E-state index < -0.39 is 5.82 Å². The minimum absolute atomic E-state index is 0.0716. The molecule has 2 rings (SSSR count). The molecule has 0 aliphatic carbocycles. The zero-order chi connectivity index (χ0) is 11.5. The molecule has 0 aromatic heterocycles. The second kappa shape index (κ2) is 4.41. The third kappa shape index (κ3) is 2.44. The number of phenolic OH excluding ortho intramolecular Hbond substituents is 1. The standard InChI is InChI=1S/C12H8ClFO2/c13-8-1-4-10(5-2-8)16-12-7-9(14)3-6-11(12)15/h1-7,15H. The molecule has 82 valence electrons. The van der Waals surface area contributed by atoms with Gasteiger partial charge in [0.15, 0.2) is 11.5 Å². The van der Waals surface area contributed by atoms with E-state index in [0.717, 1.165) is 12.1 Å². The van der Waals surface area contributed by atoms with Crippen molar-refractivity contribution in [1.82, 2.24) is 0 Å². The third-order valence-corrected chi connectivity index (χ3v) is 2.22. The van der Waals surface area contributed by atoms with Gasteiger partial charge in [-0.2, -0.15) is 0 Å². The van der Waals surface area contributed by atoms with Crippen molar-refractivity contribution in [2.75, 3.05) is 0 Å². The second-order valence-corrected chi connectivity index (χ2v) is 3.60. The number of aromatic hydroxyl groups is 1. The normalized spacial score (nSPS) is 10.1. The van der Waals surface area contributed by atoms with Crippen molar-refractivity contribution in [3.63, 3.8) is 0 Å². The van der Waals surface area contributed by atoms with E-state index in [2.05, 4.69) is 0 Å². The van der Waals surface area contributed by atoms with Crippen LogP contribution in [0.25, 0.3) is 0 Å². The van der Waals surface area contributed by atoms with Crippen LogP contribution in [-0.4, -0.2) is 5.11 Å². The minimum Gasteiger partial charge on any atom is -0.504 e. The van der Waals surface area contributed by atoms with Crippen LogP contribution < -0.4 is 4.74 Å². The molecule has 0 amide bonds. The number of benzene rings is 2. The zero-order valence-electron chi connectivity index (χ0n) is 8.15. The number of hydrogen-bond donors (Lipinski definition) is 1. The van der Waals surface area contributed by atoms with E-state index in [4.69, 9.17) is 16.3 Å². The van der Waals surface area contributed by atoms with Crippen LogP contribution in [-0.2, 0) is 0 Å². The molecule has 0 fully saturated rings. The number of phenols is 1. The van der Waals surface area contributed by atoms with Gasteiger partial charge in [-0.15, -0.1) is 0 Å². The smallest absolute Gasteiger partial charge is 0.171 e. The van der Waals surface area contributed by atoms with Crippen molar-refractivity contribution in [1.29, 1.82) is 0 Å². The lowest BCUT2D eigenvalue weighted by Gasteiger charge is -2.07. The lowest BCUT2D eigenvalue weighted by atomic mass is 10.3. The van der Waals surface area contributed by atoms with Crippen molar-refractivity contribution < 1.29 is 14.2 Å². The molecule has 0 spiro atoms. The molecule has 2 aromatic carbocycles. The Morgan fingerprint density at radius 2 is 1.75 bits per heavy atom. The maximum atomic E-state index is 12.9. The second-order valence-electron chi connectivity index (χ2n) is 3.17. The molecule has 0 saturated heterocycles. The summed E-state index contributed by atoms with van der Waals surface area (Å²) in [5.74, 6) is -0.0364. The average Bonchev–Trinajstić information content (AvgIpc) is 2.27. The molecule has 4 heteroatoms. The van der Waals surface area contributed by atoms with Gasteiger partial charge in [-0.1, -0.05) is 11.6 Å². The molecule has 0 bridgehead atoms. The van der Waals surface area contributed by atoms with Gasteiger partial charge in [-0.05, 0) is 36.4 Å². The molecule has 0 aliphatic rings. The summed E-state index contributed by atoms with van der Waals surface area (Å²) >= 11 is 5.71. The summed E-state index contributed by atoms with van der Waals surface area (Å²) in [6.45, 7) is 0. The first-order valence-electron chi connectivity index (χ1n) is 4.57. The summed E-state index contributed by atoms with van der Waals surface area (Å²) in [6, 6.07) is 10.1. The Morgan fingerprint density at radius 3 is 2.44 bits per heavy atom. The average molecular weight is 239 g/mol. The highest BCUT2D eigenvalue weighted by molar-refractivity contribution is 6.30. The van der Waals surface area contributed by atoms with Gasteiger partial charge < -0.3 is 9.84 Å². The Morgan fingerprint density at radius 1 is 1.06 bits per heavy atom. The molecular formula is C12H8ClFO2. The van der Waals surface area contributed by atoms with E-state index in [1.807, 2.05) is 0 Å². The van der Waals surface area contributed by atoms with Gasteiger partial charge in [0.2, 0.25) is 0 Å². The first-order chi connectivity index (χ1) is 7.65. The lowest BCUT2D eigenvalue weighted by Crippen LogP contribution is -1.85. The Balaban J connectivity index is 2.26. The van der Waals surface area contributed by atoms with Gasteiger partial charge in [0.05, 0.1) is 0 Å². The molecule has 0 unspecified atom stereocenters.